The van der Waals surface area contributed by atoms with Crippen molar-refractivity contribution in [3.8, 4) is 0 Å². The van der Waals surface area contributed by atoms with E-state index in [0.717, 1.165) is 30.6 Å². The van der Waals surface area contributed by atoms with Gasteiger partial charge in [-0.05, 0) is 31.7 Å². The highest BCUT2D eigenvalue weighted by Gasteiger charge is 2.33. The van der Waals surface area contributed by atoms with E-state index in [1.54, 1.807) is 9.58 Å². The van der Waals surface area contributed by atoms with Gasteiger partial charge in [0.2, 0.25) is 5.91 Å². The SMILES string of the molecule is CCCCNC(=O)C1CCN(C(=O)c2nnn3c2COC(c2ccc(C)cc2)C3)CC1. The van der Waals surface area contributed by atoms with E-state index in [1.165, 1.54) is 5.56 Å². The maximum Gasteiger partial charge on any atom is 0.276 e. The fraction of sp³-hybridized carbons (Fsp3) is 0.565. The Morgan fingerprint density at radius 1 is 1.19 bits per heavy atom. The third-order valence-corrected chi connectivity index (χ3v) is 6.23. The summed E-state index contributed by atoms with van der Waals surface area (Å²) in [7, 11) is 0. The Morgan fingerprint density at radius 3 is 2.65 bits per heavy atom. The number of hydrogen-bond donors (Lipinski definition) is 1. The number of unbranched alkanes of at least 4 members (excludes halogenated alkanes) is 1. The van der Waals surface area contributed by atoms with Gasteiger partial charge in [-0.25, -0.2) is 4.68 Å². The van der Waals surface area contributed by atoms with E-state index in [9.17, 15) is 9.59 Å². The summed E-state index contributed by atoms with van der Waals surface area (Å²) in [4.78, 5) is 27.1. The molecule has 1 unspecified atom stereocenters. The highest BCUT2D eigenvalue weighted by molar-refractivity contribution is 5.93. The van der Waals surface area contributed by atoms with Gasteiger partial charge in [0.25, 0.3) is 5.91 Å². The largest absolute Gasteiger partial charge is 0.365 e. The van der Waals surface area contributed by atoms with Crippen LogP contribution in [-0.4, -0.2) is 51.3 Å². The summed E-state index contributed by atoms with van der Waals surface area (Å²) in [5.41, 5.74) is 3.40. The lowest BCUT2D eigenvalue weighted by Crippen LogP contribution is -2.43. The van der Waals surface area contributed by atoms with Crippen LogP contribution in [0.5, 0.6) is 0 Å². The Labute approximate surface area is 182 Å². The number of nitrogens with one attached hydrogen (secondary N) is 1. The van der Waals surface area contributed by atoms with E-state index < -0.39 is 0 Å². The van der Waals surface area contributed by atoms with Crippen LogP contribution in [0.25, 0.3) is 0 Å². The number of aromatic nitrogens is 3. The molecule has 2 amide bonds. The monoisotopic (exact) mass is 425 g/mol. The van der Waals surface area contributed by atoms with Crippen molar-refractivity contribution in [1.29, 1.82) is 0 Å². The number of hydrogen-bond acceptors (Lipinski definition) is 5. The number of carbonyl (C=O) groups excluding carboxylic acids is 2. The summed E-state index contributed by atoms with van der Waals surface area (Å²) < 4.78 is 7.82. The molecule has 8 nitrogen and oxygen atoms in total. The second kappa shape index (κ2) is 9.60. The second-order valence-electron chi connectivity index (χ2n) is 8.49. The first-order valence-corrected chi connectivity index (χ1v) is 11.2. The molecule has 2 aliphatic rings. The van der Waals surface area contributed by atoms with Crippen molar-refractivity contribution < 1.29 is 14.3 Å². The van der Waals surface area contributed by atoms with Gasteiger partial charge in [-0.3, -0.25) is 9.59 Å². The first kappa shape index (κ1) is 21.5. The molecule has 0 saturated carbocycles. The summed E-state index contributed by atoms with van der Waals surface area (Å²) in [6, 6.07) is 8.27. The average molecular weight is 426 g/mol. The zero-order valence-electron chi connectivity index (χ0n) is 18.3. The van der Waals surface area contributed by atoms with Crippen LogP contribution < -0.4 is 5.32 Å². The van der Waals surface area contributed by atoms with Crippen molar-refractivity contribution in [3.63, 3.8) is 0 Å². The average Bonchev–Trinajstić information content (AvgIpc) is 3.22. The molecule has 31 heavy (non-hydrogen) atoms. The Balaban J connectivity index is 1.35. The third kappa shape index (κ3) is 4.79. The molecule has 1 saturated heterocycles. The van der Waals surface area contributed by atoms with Crippen molar-refractivity contribution in [3.05, 3.63) is 46.8 Å². The van der Waals surface area contributed by atoms with Crippen molar-refractivity contribution in [2.24, 2.45) is 5.92 Å². The zero-order valence-corrected chi connectivity index (χ0v) is 18.3. The fourth-order valence-corrected chi connectivity index (χ4v) is 4.19. The predicted octanol–water partition coefficient (Wildman–Crippen LogP) is 2.63. The maximum atomic E-state index is 13.1. The van der Waals surface area contributed by atoms with Crippen LogP contribution in [0.4, 0.5) is 0 Å². The molecule has 166 valence electrons. The smallest absolute Gasteiger partial charge is 0.276 e. The van der Waals surface area contributed by atoms with Crippen molar-refractivity contribution in [2.45, 2.75) is 58.8 Å². The van der Waals surface area contributed by atoms with E-state index in [-0.39, 0.29) is 23.8 Å². The van der Waals surface area contributed by atoms with Crippen LogP contribution in [0.1, 0.15) is 66.0 Å². The van der Waals surface area contributed by atoms with Gasteiger partial charge < -0.3 is 15.0 Å². The van der Waals surface area contributed by atoms with Crippen LogP contribution in [0.3, 0.4) is 0 Å². The molecule has 0 aliphatic carbocycles. The lowest BCUT2D eigenvalue weighted by molar-refractivity contribution is -0.126. The van der Waals surface area contributed by atoms with E-state index in [2.05, 4.69) is 53.7 Å². The lowest BCUT2D eigenvalue weighted by Gasteiger charge is -2.31. The van der Waals surface area contributed by atoms with Crippen molar-refractivity contribution in [2.75, 3.05) is 19.6 Å². The molecule has 4 rings (SSSR count). The normalized spacial score (nSPS) is 19.2. The van der Waals surface area contributed by atoms with Crippen molar-refractivity contribution in [1.82, 2.24) is 25.2 Å². The van der Waals surface area contributed by atoms with E-state index in [0.29, 0.717) is 44.8 Å². The minimum absolute atomic E-state index is 0.0199. The number of amides is 2. The molecule has 0 bridgehead atoms. The molecule has 8 heteroatoms. The number of ether oxygens (including phenoxy) is 1. The third-order valence-electron chi connectivity index (χ3n) is 6.23. The Hall–Kier alpha value is -2.74. The molecule has 0 radical (unpaired) electrons. The van der Waals surface area contributed by atoms with Crippen molar-refractivity contribution >= 4 is 11.8 Å². The number of piperidine rings is 1. The van der Waals surface area contributed by atoms with Crippen LogP contribution >= 0.6 is 0 Å². The number of benzene rings is 1. The summed E-state index contributed by atoms with van der Waals surface area (Å²) in [5.74, 6) is -0.0332. The highest BCUT2D eigenvalue weighted by Crippen LogP contribution is 2.28. The van der Waals surface area contributed by atoms with Crippen LogP contribution in [-0.2, 0) is 22.7 Å². The van der Waals surface area contributed by atoms with Gasteiger partial charge in [-0.15, -0.1) is 5.10 Å². The maximum absolute atomic E-state index is 13.1. The summed E-state index contributed by atoms with van der Waals surface area (Å²) in [5, 5.41) is 11.4. The first-order chi connectivity index (χ1) is 15.1. The molecular formula is C23H31N5O3. The summed E-state index contributed by atoms with van der Waals surface area (Å²) in [6.45, 7) is 6.86. The lowest BCUT2D eigenvalue weighted by atomic mass is 9.95. The highest BCUT2D eigenvalue weighted by atomic mass is 16.5. The Kier molecular flexibility index (Phi) is 6.65. The number of carbonyl (C=O) groups is 2. The second-order valence-corrected chi connectivity index (χ2v) is 8.49. The molecular weight excluding hydrogens is 394 g/mol. The predicted molar refractivity (Wildman–Crippen MR) is 115 cm³/mol. The molecule has 3 heterocycles. The fourth-order valence-electron chi connectivity index (χ4n) is 4.19. The molecule has 2 aliphatic heterocycles. The number of rotatable bonds is 6. The van der Waals surface area contributed by atoms with Crippen LogP contribution in [0.15, 0.2) is 24.3 Å². The first-order valence-electron chi connectivity index (χ1n) is 11.2. The van der Waals surface area contributed by atoms with Gasteiger partial charge in [-0.2, -0.15) is 0 Å². The zero-order chi connectivity index (χ0) is 21.8. The number of fused-ring (bicyclic) bond motifs is 1. The van der Waals surface area contributed by atoms with E-state index >= 15 is 0 Å². The van der Waals surface area contributed by atoms with Gasteiger partial charge in [0, 0.05) is 25.6 Å². The van der Waals surface area contributed by atoms with Gasteiger partial charge in [0.1, 0.15) is 6.10 Å². The molecule has 1 aromatic carbocycles. The van der Waals surface area contributed by atoms with E-state index in [1.807, 2.05) is 0 Å². The number of likely N-dealkylation sites (tertiary alicyclic amines) is 1. The molecule has 1 fully saturated rings. The molecule has 1 aromatic heterocycles. The Bertz CT molecular complexity index is 916. The minimum Gasteiger partial charge on any atom is -0.365 e. The standard InChI is InChI=1S/C23H31N5O3/c1-3-4-11-24-22(29)18-9-12-27(13-10-18)23(30)21-19-15-31-20(14-28(19)26-25-21)17-7-5-16(2)6-8-17/h5-8,18,20H,3-4,9-15H2,1-2H3,(H,24,29). The molecule has 1 N–H and O–H groups in total. The van der Waals surface area contributed by atoms with Gasteiger partial charge in [0.05, 0.1) is 18.8 Å². The molecule has 0 spiro atoms. The topological polar surface area (TPSA) is 89.4 Å². The summed E-state index contributed by atoms with van der Waals surface area (Å²) >= 11 is 0. The summed E-state index contributed by atoms with van der Waals surface area (Å²) in [6.07, 6.45) is 3.32. The number of nitrogens with zero attached hydrogens (tertiary/aromatic N) is 4. The molecule has 1 atom stereocenters. The number of aryl methyl sites for hydroxylation is 1. The van der Waals surface area contributed by atoms with Gasteiger partial charge in [-0.1, -0.05) is 48.4 Å². The Morgan fingerprint density at radius 2 is 1.94 bits per heavy atom. The quantitative estimate of drug-likeness (QED) is 0.719. The van der Waals surface area contributed by atoms with Crippen LogP contribution in [0.2, 0.25) is 0 Å². The van der Waals surface area contributed by atoms with Gasteiger partial charge in [0.15, 0.2) is 5.69 Å². The van der Waals surface area contributed by atoms with E-state index in [4.69, 9.17) is 4.74 Å². The molecule has 2 aromatic rings. The van der Waals surface area contributed by atoms with Gasteiger partial charge >= 0.3 is 0 Å². The van der Waals surface area contributed by atoms with Crippen LogP contribution in [0, 0.1) is 12.8 Å². The minimum atomic E-state index is -0.122.